The third-order valence-corrected chi connectivity index (χ3v) is 11.4. The molecule has 0 atom stereocenters. The van der Waals surface area contributed by atoms with E-state index in [0.717, 1.165) is 72.5 Å². The molecular formula is C56H47N5Pt. The fraction of sp³-hybridized carbons (Fsp3) is 0.125. The van der Waals surface area contributed by atoms with Crippen LogP contribution in [0.25, 0.3) is 77.8 Å². The topological polar surface area (TPSA) is 57.2 Å². The molecule has 0 saturated carbocycles. The monoisotopic (exact) mass is 984 g/mol. The van der Waals surface area contributed by atoms with E-state index >= 15 is 0 Å². The Labute approximate surface area is 379 Å². The van der Waals surface area contributed by atoms with Crippen molar-refractivity contribution < 1.29 is 21.1 Å². The van der Waals surface area contributed by atoms with Crippen molar-refractivity contribution in [3.63, 3.8) is 0 Å². The number of hydrogen-bond donors (Lipinski definition) is 0. The number of nitrogens with zero attached hydrogens (tertiary/aromatic N) is 5. The van der Waals surface area contributed by atoms with Gasteiger partial charge in [0, 0.05) is 17.5 Å². The van der Waals surface area contributed by atoms with Crippen LogP contribution in [-0.4, -0.2) is 27.4 Å². The molecule has 0 fully saturated rings. The van der Waals surface area contributed by atoms with Crippen molar-refractivity contribution in [1.29, 1.82) is 0 Å². The van der Waals surface area contributed by atoms with E-state index in [-0.39, 0.29) is 26.5 Å². The first-order chi connectivity index (χ1) is 29.7. The number of aryl methyl sites for hydroxylation is 2. The number of aliphatic imine (C=N–C) groups is 1. The Kier molecular flexibility index (Phi) is 12.0. The largest absolute Gasteiger partial charge is 2.00 e. The van der Waals surface area contributed by atoms with Crippen LogP contribution in [0.3, 0.4) is 0 Å². The summed E-state index contributed by atoms with van der Waals surface area (Å²) >= 11 is 0. The van der Waals surface area contributed by atoms with Gasteiger partial charge >= 0.3 is 21.1 Å². The van der Waals surface area contributed by atoms with E-state index in [1.54, 1.807) is 7.05 Å². The van der Waals surface area contributed by atoms with Crippen LogP contribution in [0.1, 0.15) is 43.0 Å². The van der Waals surface area contributed by atoms with Crippen LogP contribution in [0.5, 0.6) is 0 Å². The number of benzene rings is 7. The fourth-order valence-corrected chi connectivity index (χ4v) is 8.22. The number of aromatic nitrogens is 3. The van der Waals surface area contributed by atoms with E-state index in [1.165, 1.54) is 22.3 Å². The van der Waals surface area contributed by atoms with E-state index in [4.69, 9.17) is 15.0 Å². The van der Waals surface area contributed by atoms with Gasteiger partial charge in [-0.1, -0.05) is 178 Å². The summed E-state index contributed by atoms with van der Waals surface area (Å²) in [6.07, 6.45) is 1.91. The molecule has 0 amide bonds. The van der Waals surface area contributed by atoms with Crippen LogP contribution in [0.2, 0.25) is 0 Å². The molecule has 0 unspecified atom stereocenters. The molecule has 5 nitrogen and oxygen atoms in total. The van der Waals surface area contributed by atoms with Crippen molar-refractivity contribution >= 4 is 22.8 Å². The van der Waals surface area contributed by atoms with Gasteiger partial charge in [0.2, 0.25) is 0 Å². The Hall–Kier alpha value is -6.68. The number of pyridine rings is 1. The minimum Gasteiger partial charge on any atom is -0.468 e. The molecule has 62 heavy (non-hydrogen) atoms. The number of para-hydroxylation sites is 1. The number of imidazole rings is 1. The first kappa shape index (κ1) is 42.0. The molecule has 0 saturated heterocycles. The van der Waals surface area contributed by atoms with Gasteiger partial charge in [-0.25, -0.2) is 4.98 Å². The van der Waals surface area contributed by atoms with Crippen molar-refractivity contribution in [3.05, 3.63) is 210 Å². The molecule has 0 aliphatic rings. The van der Waals surface area contributed by atoms with Crippen LogP contribution in [-0.2, 0) is 26.5 Å². The molecule has 306 valence electrons. The third-order valence-electron chi connectivity index (χ3n) is 11.4. The SMILES string of the molecule is C[N-]/C(=N\c1nc2c(-c3[c-]c(-c4cc(-c5c(C)cccc5C)ccn4)cc(C(C)(C)C)c3)cccc2n1-c1ccc(-c2ccccc2)cc1-c1ccccc1)c1ccccc1.[Pt+2]. The summed E-state index contributed by atoms with van der Waals surface area (Å²) in [6, 6.07) is 63.3. The molecule has 0 N–H and O–H groups in total. The smallest absolute Gasteiger partial charge is 0.468 e. The predicted octanol–water partition coefficient (Wildman–Crippen LogP) is 14.5. The fourth-order valence-electron chi connectivity index (χ4n) is 8.22. The van der Waals surface area contributed by atoms with Crippen LogP contribution >= 0.6 is 0 Å². The second-order valence-corrected chi connectivity index (χ2v) is 16.6. The molecular weight excluding hydrogens is 938 g/mol. The molecule has 0 aliphatic heterocycles. The summed E-state index contributed by atoms with van der Waals surface area (Å²) in [5, 5.41) is 4.68. The molecule has 0 radical (unpaired) electrons. The van der Waals surface area contributed by atoms with Crippen LogP contribution in [0, 0.1) is 19.9 Å². The van der Waals surface area contributed by atoms with Crippen molar-refractivity contribution in [2.75, 3.05) is 7.05 Å². The molecule has 6 heteroatoms. The van der Waals surface area contributed by atoms with Gasteiger partial charge in [-0.15, -0.1) is 29.3 Å². The number of amidine groups is 1. The van der Waals surface area contributed by atoms with Crippen LogP contribution in [0.15, 0.2) is 181 Å². The van der Waals surface area contributed by atoms with Gasteiger partial charge in [-0.05, 0) is 88.0 Å². The van der Waals surface area contributed by atoms with E-state index in [9.17, 15) is 0 Å². The van der Waals surface area contributed by atoms with Gasteiger partial charge in [0.25, 0.3) is 0 Å². The van der Waals surface area contributed by atoms with E-state index in [2.05, 4.69) is 190 Å². The molecule has 9 rings (SSSR count). The maximum atomic E-state index is 5.44. The maximum absolute atomic E-state index is 5.44. The van der Waals surface area contributed by atoms with Gasteiger partial charge in [-0.3, -0.25) is 9.55 Å². The summed E-state index contributed by atoms with van der Waals surface area (Å²) in [5.74, 6) is 1.13. The Bertz CT molecular complexity index is 3030. The Morgan fingerprint density at radius 2 is 1.26 bits per heavy atom. The van der Waals surface area contributed by atoms with Gasteiger partial charge in [0.05, 0.1) is 16.7 Å². The molecule has 2 aromatic heterocycles. The normalized spacial score (nSPS) is 11.7. The summed E-state index contributed by atoms with van der Waals surface area (Å²) < 4.78 is 2.19. The second kappa shape index (κ2) is 17.7. The summed E-state index contributed by atoms with van der Waals surface area (Å²) in [7, 11) is 1.78. The van der Waals surface area contributed by atoms with Crippen molar-refractivity contribution in [1.82, 2.24) is 14.5 Å². The minimum absolute atomic E-state index is 0. The van der Waals surface area contributed by atoms with Crippen LogP contribution in [0.4, 0.5) is 5.95 Å². The molecule has 0 bridgehead atoms. The van der Waals surface area contributed by atoms with E-state index < -0.39 is 0 Å². The standard InChI is InChI=1S/C56H47N5.Pt/c1-37-18-16-19-38(2)52(37)43-30-31-58-49(36-43)45-32-44(33-46(34-45)56(3,4)5)47-26-17-27-51-53(47)59-55(60-54(57-6)41-24-14-9-15-25-41)61(51)50-29-28-42(39-20-10-7-11-21-39)35-48(50)40-22-12-8-13-23-40;/h7-31,33-36H,1-6H3;/q-2;+2. The Morgan fingerprint density at radius 3 is 1.94 bits per heavy atom. The Balaban J connectivity index is 0.00000529. The van der Waals surface area contributed by atoms with Crippen molar-refractivity contribution in [2.24, 2.45) is 4.99 Å². The zero-order valence-corrected chi connectivity index (χ0v) is 38.1. The zero-order chi connectivity index (χ0) is 42.1. The van der Waals surface area contributed by atoms with Crippen molar-refractivity contribution in [3.8, 4) is 61.5 Å². The average molecular weight is 985 g/mol. The van der Waals surface area contributed by atoms with E-state index in [1.807, 2.05) is 36.5 Å². The van der Waals surface area contributed by atoms with Gasteiger partial charge in [0.1, 0.15) is 5.95 Å². The first-order valence-electron chi connectivity index (χ1n) is 20.8. The van der Waals surface area contributed by atoms with Gasteiger partial charge in [-0.2, -0.15) is 0 Å². The first-order valence-corrected chi connectivity index (χ1v) is 20.8. The maximum Gasteiger partial charge on any atom is 2.00 e. The molecule has 2 heterocycles. The minimum atomic E-state index is -0.149. The van der Waals surface area contributed by atoms with Gasteiger partial charge in [0.15, 0.2) is 0 Å². The van der Waals surface area contributed by atoms with Crippen molar-refractivity contribution in [2.45, 2.75) is 40.0 Å². The Morgan fingerprint density at radius 1 is 0.613 bits per heavy atom. The second-order valence-electron chi connectivity index (χ2n) is 16.6. The summed E-state index contributed by atoms with van der Waals surface area (Å²) in [4.78, 5) is 15.6. The molecule has 9 aromatic rings. The number of rotatable bonds is 8. The summed E-state index contributed by atoms with van der Waals surface area (Å²) in [5.41, 5.74) is 17.7. The average Bonchev–Trinajstić information content (AvgIpc) is 3.66. The third kappa shape index (κ3) is 8.34. The number of hydrogen-bond acceptors (Lipinski definition) is 3. The zero-order valence-electron chi connectivity index (χ0n) is 35.8. The predicted molar refractivity (Wildman–Crippen MR) is 255 cm³/mol. The quantitative estimate of drug-likeness (QED) is 0.0865. The van der Waals surface area contributed by atoms with E-state index in [0.29, 0.717) is 11.8 Å². The molecule has 7 aromatic carbocycles. The molecule has 0 aliphatic carbocycles. The molecule has 0 spiro atoms. The summed E-state index contributed by atoms with van der Waals surface area (Å²) in [6.45, 7) is 11.1. The van der Waals surface area contributed by atoms with Gasteiger partial charge < -0.3 is 10.3 Å². The number of fused-ring (bicyclic) bond motifs is 1. The van der Waals surface area contributed by atoms with Crippen LogP contribution < -0.4 is 0 Å².